The molecule has 0 saturated carbocycles. The molecule has 0 amide bonds. The Bertz CT molecular complexity index is 851. The Morgan fingerprint density at radius 1 is 1.00 bits per heavy atom. The second kappa shape index (κ2) is 6.61. The molecule has 2 N–H and O–H groups in total. The minimum Gasteiger partial charge on any atom is -0.479 e. The fourth-order valence-corrected chi connectivity index (χ4v) is 1.99. The van der Waals surface area contributed by atoms with Crippen molar-refractivity contribution in [2.24, 2.45) is 0 Å². The van der Waals surface area contributed by atoms with E-state index in [1.54, 1.807) is 6.92 Å². The van der Waals surface area contributed by atoms with E-state index < -0.39 is 29.8 Å². The van der Waals surface area contributed by atoms with Gasteiger partial charge in [-0.1, -0.05) is 0 Å². The molecule has 0 aliphatic heterocycles. The molecule has 128 valence electrons. The van der Waals surface area contributed by atoms with Crippen molar-refractivity contribution in [3.8, 4) is 11.5 Å². The van der Waals surface area contributed by atoms with Crippen molar-refractivity contribution in [1.29, 1.82) is 0 Å². The van der Waals surface area contributed by atoms with Gasteiger partial charge in [0.05, 0.1) is 0 Å². The van der Waals surface area contributed by atoms with Crippen LogP contribution in [0.25, 0.3) is 11.0 Å². The quantitative estimate of drug-likeness (QED) is 0.765. The summed E-state index contributed by atoms with van der Waals surface area (Å²) >= 11 is 0. The predicted molar refractivity (Wildman–Crippen MR) is 82.7 cm³/mol. The molecule has 2 unspecified atom stereocenters. The molecular weight excluding hydrogens is 320 g/mol. The third-order valence-electron chi connectivity index (χ3n) is 3.32. The van der Waals surface area contributed by atoms with E-state index in [0.29, 0.717) is 10.9 Å². The number of aryl methyl sites for hydroxylation is 1. The van der Waals surface area contributed by atoms with E-state index in [9.17, 15) is 14.4 Å². The zero-order valence-corrected chi connectivity index (χ0v) is 13.2. The van der Waals surface area contributed by atoms with Crippen LogP contribution in [-0.4, -0.2) is 34.4 Å². The van der Waals surface area contributed by atoms with Gasteiger partial charge in [0, 0.05) is 17.5 Å². The molecule has 0 bridgehead atoms. The van der Waals surface area contributed by atoms with Crippen molar-refractivity contribution < 1.29 is 33.7 Å². The Morgan fingerprint density at radius 3 is 2.00 bits per heavy atom. The van der Waals surface area contributed by atoms with Gasteiger partial charge in [-0.05, 0) is 32.4 Å². The summed E-state index contributed by atoms with van der Waals surface area (Å²) in [5, 5.41) is 18.5. The molecule has 0 spiro atoms. The largest absolute Gasteiger partial charge is 0.479 e. The molecular formula is C16H16O8. The lowest BCUT2D eigenvalue weighted by Gasteiger charge is -2.18. The van der Waals surface area contributed by atoms with Crippen LogP contribution >= 0.6 is 0 Å². The first-order valence-electron chi connectivity index (χ1n) is 7.06. The van der Waals surface area contributed by atoms with Gasteiger partial charge in [0.2, 0.25) is 0 Å². The van der Waals surface area contributed by atoms with Crippen molar-refractivity contribution in [3.05, 3.63) is 34.2 Å². The highest BCUT2D eigenvalue weighted by Gasteiger charge is 2.21. The van der Waals surface area contributed by atoms with Crippen LogP contribution in [0.5, 0.6) is 11.5 Å². The Balaban J connectivity index is 2.59. The highest BCUT2D eigenvalue weighted by molar-refractivity contribution is 5.84. The SMILES string of the molecule is Cc1cc(=O)oc2cc(OC(C)C(=O)O)c(OC(C)C(=O)O)cc12. The minimum absolute atomic E-state index is 0.0285. The molecule has 2 aromatic rings. The number of aliphatic carboxylic acids is 2. The van der Waals surface area contributed by atoms with Crippen molar-refractivity contribution in [2.45, 2.75) is 33.0 Å². The zero-order chi connectivity index (χ0) is 18.0. The Kier molecular flexibility index (Phi) is 4.77. The molecule has 0 aliphatic carbocycles. The van der Waals surface area contributed by atoms with E-state index in [4.69, 9.17) is 24.1 Å². The van der Waals surface area contributed by atoms with E-state index >= 15 is 0 Å². The number of hydrogen-bond donors (Lipinski definition) is 2. The molecule has 1 aromatic carbocycles. The number of fused-ring (bicyclic) bond motifs is 1. The molecule has 1 heterocycles. The van der Waals surface area contributed by atoms with Crippen LogP contribution in [0.1, 0.15) is 19.4 Å². The van der Waals surface area contributed by atoms with Gasteiger partial charge < -0.3 is 24.1 Å². The van der Waals surface area contributed by atoms with E-state index in [1.165, 1.54) is 32.0 Å². The average molecular weight is 336 g/mol. The van der Waals surface area contributed by atoms with Gasteiger partial charge in [0.25, 0.3) is 0 Å². The molecule has 8 nitrogen and oxygen atoms in total. The van der Waals surface area contributed by atoms with Crippen LogP contribution in [0.15, 0.2) is 27.4 Å². The van der Waals surface area contributed by atoms with Crippen molar-refractivity contribution in [1.82, 2.24) is 0 Å². The molecule has 1 aromatic heterocycles. The first-order valence-corrected chi connectivity index (χ1v) is 7.06. The van der Waals surface area contributed by atoms with Crippen molar-refractivity contribution >= 4 is 22.9 Å². The second-order valence-electron chi connectivity index (χ2n) is 5.24. The molecule has 24 heavy (non-hydrogen) atoms. The lowest BCUT2D eigenvalue weighted by Crippen LogP contribution is -2.25. The van der Waals surface area contributed by atoms with Gasteiger partial charge in [-0.2, -0.15) is 0 Å². The van der Waals surface area contributed by atoms with Crippen LogP contribution in [0.2, 0.25) is 0 Å². The third kappa shape index (κ3) is 3.65. The summed E-state index contributed by atoms with van der Waals surface area (Å²) in [5.74, 6) is -2.39. The van der Waals surface area contributed by atoms with Gasteiger partial charge in [0.1, 0.15) is 5.58 Å². The Morgan fingerprint density at radius 2 is 1.50 bits per heavy atom. The lowest BCUT2D eigenvalue weighted by atomic mass is 10.1. The standard InChI is InChI=1S/C16H16O8/c1-7-4-14(17)24-11-6-13(23-9(3)16(20)21)12(5-10(7)11)22-8(2)15(18)19/h4-6,8-9H,1-3H3,(H,18,19)(H,20,21). The summed E-state index contributed by atoms with van der Waals surface area (Å²) in [6, 6.07) is 4.05. The Hall–Kier alpha value is -3.03. The predicted octanol–water partition coefficient (Wildman–Crippen LogP) is 1.81. The fraction of sp³-hybridized carbons (Fsp3) is 0.312. The van der Waals surface area contributed by atoms with E-state index in [1.807, 2.05) is 0 Å². The number of ether oxygens (including phenoxy) is 2. The van der Waals surface area contributed by atoms with E-state index in [-0.39, 0.29) is 17.1 Å². The summed E-state index contributed by atoms with van der Waals surface area (Å²) in [6.45, 7) is 4.32. The minimum atomic E-state index is -1.21. The number of rotatable bonds is 6. The van der Waals surface area contributed by atoms with Crippen molar-refractivity contribution in [2.75, 3.05) is 0 Å². The Labute approximate surface area is 136 Å². The normalized spacial score (nSPS) is 13.3. The first-order chi connectivity index (χ1) is 11.2. The van der Waals surface area contributed by atoms with Gasteiger partial charge >= 0.3 is 17.6 Å². The summed E-state index contributed by atoms with van der Waals surface area (Å²) in [5.41, 5.74) is 0.222. The highest BCUT2D eigenvalue weighted by atomic mass is 16.6. The first kappa shape index (κ1) is 17.3. The smallest absolute Gasteiger partial charge is 0.344 e. The van der Waals surface area contributed by atoms with Crippen LogP contribution in [-0.2, 0) is 9.59 Å². The zero-order valence-electron chi connectivity index (χ0n) is 13.2. The average Bonchev–Trinajstić information content (AvgIpc) is 2.47. The van der Waals surface area contributed by atoms with Crippen LogP contribution in [0.3, 0.4) is 0 Å². The topological polar surface area (TPSA) is 123 Å². The maximum Gasteiger partial charge on any atom is 0.344 e. The van der Waals surface area contributed by atoms with Gasteiger partial charge in [-0.15, -0.1) is 0 Å². The van der Waals surface area contributed by atoms with Crippen LogP contribution in [0.4, 0.5) is 0 Å². The number of benzene rings is 1. The van der Waals surface area contributed by atoms with Gasteiger partial charge in [-0.25, -0.2) is 14.4 Å². The molecule has 0 saturated heterocycles. The maximum atomic E-state index is 11.5. The van der Waals surface area contributed by atoms with Crippen LogP contribution < -0.4 is 15.1 Å². The fourth-order valence-electron chi connectivity index (χ4n) is 1.99. The molecule has 0 radical (unpaired) electrons. The van der Waals surface area contributed by atoms with Crippen LogP contribution in [0, 0.1) is 6.92 Å². The number of hydrogen-bond acceptors (Lipinski definition) is 6. The highest BCUT2D eigenvalue weighted by Crippen LogP contribution is 2.34. The number of carboxylic acids is 2. The molecule has 2 atom stereocenters. The number of carboxylic acid groups (broad SMARTS) is 2. The molecule has 0 fully saturated rings. The number of carbonyl (C=O) groups is 2. The maximum absolute atomic E-state index is 11.5. The molecule has 2 rings (SSSR count). The molecule has 0 aliphatic rings. The summed E-state index contributed by atoms with van der Waals surface area (Å²) in [6.07, 6.45) is -2.39. The summed E-state index contributed by atoms with van der Waals surface area (Å²) in [7, 11) is 0. The van der Waals surface area contributed by atoms with Gasteiger partial charge in [-0.3, -0.25) is 0 Å². The van der Waals surface area contributed by atoms with E-state index in [2.05, 4.69) is 0 Å². The molecule has 8 heteroatoms. The van der Waals surface area contributed by atoms with E-state index in [0.717, 1.165) is 0 Å². The monoisotopic (exact) mass is 336 g/mol. The lowest BCUT2D eigenvalue weighted by molar-refractivity contribution is -0.145. The van der Waals surface area contributed by atoms with Gasteiger partial charge in [0.15, 0.2) is 23.7 Å². The summed E-state index contributed by atoms with van der Waals surface area (Å²) < 4.78 is 15.7. The van der Waals surface area contributed by atoms with Crippen molar-refractivity contribution in [3.63, 3.8) is 0 Å². The summed E-state index contributed by atoms with van der Waals surface area (Å²) in [4.78, 5) is 33.5. The third-order valence-corrected chi connectivity index (χ3v) is 3.32. The second-order valence-corrected chi connectivity index (χ2v) is 5.24.